The highest BCUT2D eigenvalue weighted by Gasteiger charge is 2.16. The second-order valence-corrected chi connectivity index (χ2v) is 6.25. The molecule has 0 radical (unpaired) electrons. The summed E-state index contributed by atoms with van der Waals surface area (Å²) in [5, 5.41) is 2.34. The number of rotatable bonds is 4. The highest BCUT2D eigenvalue weighted by molar-refractivity contribution is 6.14. The van der Waals surface area contributed by atoms with Crippen LogP contribution in [0, 0.1) is 0 Å². The van der Waals surface area contributed by atoms with Crippen LogP contribution in [0.15, 0.2) is 67.0 Å². The van der Waals surface area contributed by atoms with E-state index in [0.717, 1.165) is 29.6 Å². The molecular formula is C22H21N2O+. The predicted molar refractivity (Wildman–Crippen MR) is 101 cm³/mol. The van der Waals surface area contributed by atoms with Crippen LogP contribution in [0.5, 0.6) is 0 Å². The minimum absolute atomic E-state index is 0.0687. The van der Waals surface area contributed by atoms with Crippen molar-refractivity contribution in [3.63, 3.8) is 0 Å². The summed E-state index contributed by atoms with van der Waals surface area (Å²) in [5.41, 5.74) is 3.85. The van der Waals surface area contributed by atoms with Gasteiger partial charge in [0.1, 0.15) is 6.54 Å². The first-order chi connectivity index (χ1) is 12.2. The molecule has 0 saturated carbocycles. The lowest BCUT2D eigenvalue weighted by Crippen LogP contribution is -2.30. The Morgan fingerprint density at radius 2 is 1.68 bits per heavy atom. The molecule has 0 saturated heterocycles. The summed E-state index contributed by atoms with van der Waals surface area (Å²) in [6, 6.07) is 17.7. The first-order valence-electron chi connectivity index (χ1n) is 8.77. The molecule has 0 aliphatic rings. The number of carbonyl (C=O) groups is 1. The third-order valence-corrected chi connectivity index (χ3v) is 4.84. The first-order valence-corrected chi connectivity index (χ1v) is 8.77. The van der Waals surface area contributed by atoms with Crippen molar-refractivity contribution < 1.29 is 9.36 Å². The van der Waals surface area contributed by atoms with E-state index in [0.29, 0.717) is 0 Å². The molecule has 0 aliphatic carbocycles. The third kappa shape index (κ3) is 2.52. The lowest BCUT2D eigenvalue weighted by atomic mass is 10.0. The van der Waals surface area contributed by atoms with E-state index in [9.17, 15) is 4.79 Å². The molecule has 0 spiro atoms. The molecule has 25 heavy (non-hydrogen) atoms. The monoisotopic (exact) mass is 329 g/mol. The van der Waals surface area contributed by atoms with Gasteiger partial charge in [-0.2, -0.15) is 0 Å². The number of nitrogens with zero attached hydrogens (tertiary/aromatic N) is 2. The summed E-state index contributed by atoms with van der Waals surface area (Å²) in [6.45, 7) is 6.12. The maximum atomic E-state index is 12.8. The molecule has 4 aromatic rings. The van der Waals surface area contributed by atoms with E-state index in [1.165, 1.54) is 16.4 Å². The zero-order valence-electron chi connectivity index (χ0n) is 14.6. The number of aryl methyl sites for hydroxylation is 2. The Kier molecular flexibility index (Phi) is 3.85. The Bertz CT molecular complexity index is 1080. The standard InChI is InChI=1S/C22H21N2O/c1-3-23-13-12-21-19(15-23)18-14-17(10-11-20(18)24(21)4-2)22(25)16-8-6-5-7-9-16/h5-15H,3-4H2,1-2H3/q+1. The van der Waals surface area contributed by atoms with Gasteiger partial charge in [0.05, 0.1) is 10.9 Å². The highest BCUT2D eigenvalue weighted by atomic mass is 16.1. The Morgan fingerprint density at radius 1 is 0.920 bits per heavy atom. The van der Waals surface area contributed by atoms with Crippen molar-refractivity contribution in [2.24, 2.45) is 0 Å². The maximum Gasteiger partial charge on any atom is 0.193 e. The fourth-order valence-corrected chi connectivity index (χ4v) is 3.53. The molecule has 2 aromatic heterocycles. The highest BCUT2D eigenvalue weighted by Crippen LogP contribution is 2.29. The van der Waals surface area contributed by atoms with Crippen LogP contribution in [-0.2, 0) is 13.1 Å². The molecule has 0 N–H and O–H groups in total. The molecule has 0 atom stereocenters. The zero-order valence-corrected chi connectivity index (χ0v) is 14.6. The van der Waals surface area contributed by atoms with Crippen molar-refractivity contribution in [3.8, 4) is 0 Å². The molecular weight excluding hydrogens is 308 g/mol. The van der Waals surface area contributed by atoms with Crippen molar-refractivity contribution in [1.82, 2.24) is 4.57 Å². The Balaban J connectivity index is 1.95. The molecule has 3 heteroatoms. The van der Waals surface area contributed by atoms with E-state index < -0.39 is 0 Å². The summed E-state index contributed by atoms with van der Waals surface area (Å²) in [5.74, 6) is 0.0687. The third-order valence-electron chi connectivity index (χ3n) is 4.84. The number of hydrogen-bond donors (Lipinski definition) is 0. The molecule has 124 valence electrons. The van der Waals surface area contributed by atoms with Crippen LogP contribution in [0.3, 0.4) is 0 Å². The quantitative estimate of drug-likeness (QED) is 0.404. The van der Waals surface area contributed by atoms with Crippen molar-refractivity contribution in [2.75, 3.05) is 0 Å². The van der Waals surface area contributed by atoms with Crippen molar-refractivity contribution in [3.05, 3.63) is 78.1 Å². The van der Waals surface area contributed by atoms with Gasteiger partial charge in [0, 0.05) is 34.6 Å². The molecule has 4 rings (SSSR count). The van der Waals surface area contributed by atoms with Crippen LogP contribution in [0.25, 0.3) is 21.8 Å². The van der Waals surface area contributed by atoms with Gasteiger partial charge in [0.25, 0.3) is 0 Å². The predicted octanol–water partition coefficient (Wildman–Crippen LogP) is 4.35. The fraction of sp³-hybridized carbons (Fsp3) is 0.182. The average Bonchev–Trinajstić information content (AvgIpc) is 3.00. The summed E-state index contributed by atoms with van der Waals surface area (Å²) < 4.78 is 4.48. The molecule has 0 aliphatic heterocycles. The fourth-order valence-electron chi connectivity index (χ4n) is 3.53. The number of hydrogen-bond acceptors (Lipinski definition) is 1. The van der Waals surface area contributed by atoms with Gasteiger partial charge in [-0.15, -0.1) is 0 Å². The van der Waals surface area contributed by atoms with E-state index in [-0.39, 0.29) is 5.78 Å². The molecule has 2 aromatic carbocycles. The molecule has 0 unspecified atom stereocenters. The van der Waals surface area contributed by atoms with E-state index in [4.69, 9.17) is 0 Å². The Hall–Kier alpha value is -2.94. The van der Waals surface area contributed by atoms with Crippen molar-refractivity contribution in [1.29, 1.82) is 0 Å². The molecule has 3 nitrogen and oxygen atoms in total. The number of fused-ring (bicyclic) bond motifs is 3. The van der Waals surface area contributed by atoms with Gasteiger partial charge >= 0.3 is 0 Å². The second kappa shape index (κ2) is 6.17. The van der Waals surface area contributed by atoms with Crippen LogP contribution >= 0.6 is 0 Å². The number of carbonyl (C=O) groups excluding carboxylic acids is 1. The van der Waals surface area contributed by atoms with E-state index >= 15 is 0 Å². The topological polar surface area (TPSA) is 25.9 Å². The number of aromatic nitrogens is 2. The van der Waals surface area contributed by atoms with Crippen LogP contribution < -0.4 is 4.57 Å². The van der Waals surface area contributed by atoms with Gasteiger partial charge in [-0.25, -0.2) is 4.57 Å². The van der Waals surface area contributed by atoms with Gasteiger partial charge in [0.15, 0.2) is 18.2 Å². The molecule has 0 amide bonds. The molecule has 2 heterocycles. The van der Waals surface area contributed by atoms with Gasteiger partial charge in [-0.05, 0) is 32.0 Å². The Morgan fingerprint density at radius 3 is 2.40 bits per heavy atom. The summed E-state index contributed by atoms with van der Waals surface area (Å²) in [4.78, 5) is 12.8. The normalized spacial score (nSPS) is 11.3. The zero-order chi connectivity index (χ0) is 17.4. The summed E-state index contributed by atoms with van der Waals surface area (Å²) >= 11 is 0. The smallest absolute Gasteiger partial charge is 0.193 e. The molecule has 0 bridgehead atoms. The first kappa shape index (κ1) is 15.6. The van der Waals surface area contributed by atoms with Gasteiger partial charge in [0.2, 0.25) is 0 Å². The van der Waals surface area contributed by atoms with Crippen LogP contribution in [0.4, 0.5) is 0 Å². The number of pyridine rings is 1. The van der Waals surface area contributed by atoms with Crippen LogP contribution in [0.2, 0.25) is 0 Å². The molecule has 0 fully saturated rings. The Labute approximate surface area is 147 Å². The van der Waals surface area contributed by atoms with Crippen molar-refractivity contribution in [2.45, 2.75) is 26.9 Å². The average molecular weight is 329 g/mol. The second-order valence-electron chi connectivity index (χ2n) is 6.25. The number of benzene rings is 2. The van der Waals surface area contributed by atoms with Gasteiger partial charge < -0.3 is 4.57 Å². The lowest BCUT2D eigenvalue weighted by Gasteiger charge is -2.04. The lowest BCUT2D eigenvalue weighted by molar-refractivity contribution is -0.692. The van der Waals surface area contributed by atoms with Crippen LogP contribution in [0.1, 0.15) is 29.8 Å². The maximum absolute atomic E-state index is 12.8. The van der Waals surface area contributed by atoms with Crippen molar-refractivity contribution >= 4 is 27.6 Å². The van der Waals surface area contributed by atoms with Gasteiger partial charge in [-0.3, -0.25) is 4.79 Å². The minimum atomic E-state index is 0.0687. The van der Waals surface area contributed by atoms with Gasteiger partial charge in [-0.1, -0.05) is 30.3 Å². The van der Waals surface area contributed by atoms with E-state index in [1.54, 1.807) is 0 Å². The summed E-state index contributed by atoms with van der Waals surface area (Å²) in [7, 11) is 0. The van der Waals surface area contributed by atoms with E-state index in [1.807, 2.05) is 42.5 Å². The minimum Gasteiger partial charge on any atom is -0.340 e. The van der Waals surface area contributed by atoms with E-state index in [2.05, 4.69) is 47.5 Å². The summed E-state index contributed by atoms with van der Waals surface area (Å²) in [6.07, 6.45) is 4.30. The largest absolute Gasteiger partial charge is 0.340 e. The van der Waals surface area contributed by atoms with Crippen LogP contribution in [-0.4, -0.2) is 10.4 Å². The SMILES string of the molecule is CCn1c2ccc(C(=O)c3ccccc3)cc2c2c[n+](CC)ccc21. The number of ketones is 1.